The maximum atomic E-state index is 12.4. The summed E-state index contributed by atoms with van der Waals surface area (Å²) < 4.78 is 1.52. The Morgan fingerprint density at radius 2 is 1.78 bits per heavy atom. The third-order valence-corrected chi connectivity index (χ3v) is 3.51. The van der Waals surface area contributed by atoms with Crippen LogP contribution in [0.1, 0.15) is 10.5 Å². The summed E-state index contributed by atoms with van der Waals surface area (Å²) in [5.74, 6) is -0.433. The summed E-state index contributed by atoms with van der Waals surface area (Å²) in [5, 5.41) is 9.93. The lowest BCUT2D eigenvalue weighted by Gasteiger charge is -2.02. The van der Waals surface area contributed by atoms with Gasteiger partial charge in [-0.25, -0.2) is 9.73 Å². The first kappa shape index (κ1) is 13.2. The third kappa shape index (κ3) is 2.15. The van der Waals surface area contributed by atoms with E-state index in [-0.39, 0.29) is 11.3 Å². The number of nitrogens with zero attached hydrogens (tertiary/aromatic N) is 3. The first-order valence-electron chi connectivity index (χ1n) is 6.96. The molecule has 0 unspecified atom stereocenters. The van der Waals surface area contributed by atoms with Crippen molar-refractivity contribution < 1.29 is 4.79 Å². The van der Waals surface area contributed by atoms with Crippen molar-refractivity contribution in [3.05, 3.63) is 70.6 Å². The number of aromatic amines is 1. The summed E-state index contributed by atoms with van der Waals surface area (Å²) in [7, 11) is 0. The van der Waals surface area contributed by atoms with Gasteiger partial charge < -0.3 is 5.32 Å². The van der Waals surface area contributed by atoms with Crippen molar-refractivity contribution in [2.75, 3.05) is 5.32 Å². The normalized spacial score (nSPS) is 11.0. The molecule has 7 nitrogen and oxygen atoms in total. The van der Waals surface area contributed by atoms with E-state index in [0.29, 0.717) is 16.6 Å². The fourth-order valence-electron chi connectivity index (χ4n) is 2.44. The van der Waals surface area contributed by atoms with Crippen LogP contribution in [0.15, 0.2) is 59.4 Å². The Morgan fingerprint density at radius 1 is 1.04 bits per heavy atom. The molecule has 0 fully saturated rings. The highest BCUT2D eigenvalue weighted by Gasteiger charge is 2.18. The van der Waals surface area contributed by atoms with Gasteiger partial charge in [-0.05, 0) is 24.3 Å². The van der Waals surface area contributed by atoms with Gasteiger partial charge in [0.2, 0.25) is 0 Å². The standard InChI is InChI=1S/C16H11N5O2/c22-15-11-8-4-5-9-12(11)21-14(18-15)13(19-20-21)16(23)17-10-6-2-1-3-7-10/h1-9,20H,(H,17,23). The molecule has 0 saturated heterocycles. The minimum Gasteiger partial charge on any atom is -0.320 e. The smallest absolute Gasteiger partial charge is 0.281 e. The fourth-order valence-corrected chi connectivity index (χ4v) is 2.44. The molecule has 4 rings (SSSR count). The Balaban J connectivity index is 1.85. The van der Waals surface area contributed by atoms with Gasteiger partial charge in [0.15, 0.2) is 11.3 Å². The number of fused-ring (bicyclic) bond motifs is 3. The molecular formula is C16H11N5O2. The molecule has 2 heterocycles. The van der Waals surface area contributed by atoms with Crippen molar-refractivity contribution in [3.63, 3.8) is 0 Å². The third-order valence-electron chi connectivity index (χ3n) is 3.51. The number of carbonyl (C=O) groups excluding carboxylic acids is 1. The van der Waals surface area contributed by atoms with Crippen LogP contribution < -0.4 is 10.9 Å². The zero-order valence-electron chi connectivity index (χ0n) is 11.9. The molecule has 2 aromatic heterocycles. The molecule has 0 aliphatic carbocycles. The Kier molecular flexibility index (Phi) is 2.90. The van der Waals surface area contributed by atoms with Gasteiger partial charge in [-0.1, -0.05) is 30.3 Å². The minimum atomic E-state index is -0.433. The molecule has 0 saturated carbocycles. The predicted octanol–water partition coefficient (Wildman–Crippen LogP) is 1.82. The average Bonchev–Trinajstić information content (AvgIpc) is 3.00. The number of hydrogen-bond donors (Lipinski definition) is 2. The van der Waals surface area contributed by atoms with E-state index in [0.717, 1.165) is 0 Å². The molecule has 0 aliphatic heterocycles. The molecule has 23 heavy (non-hydrogen) atoms. The number of carbonyl (C=O) groups is 1. The van der Waals surface area contributed by atoms with Crippen LogP contribution >= 0.6 is 0 Å². The highest BCUT2D eigenvalue weighted by atomic mass is 16.2. The average molecular weight is 305 g/mol. The summed E-state index contributed by atoms with van der Waals surface area (Å²) in [5.41, 5.74) is 1.13. The number of nitrogens with one attached hydrogen (secondary N) is 2. The lowest BCUT2D eigenvalue weighted by atomic mass is 10.2. The van der Waals surface area contributed by atoms with Gasteiger partial charge >= 0.3 is 0 Å². The van der Waals surface area contributed by atoms with Crippen molar-refractivity contribution in [2.24, 2.45) is 0 Å². The summed E-state index contributed by atoms with van der Waals surface area (Å²) in [6.45, 7) is 0. The molecule has 112 valence electrons. The molecule has 0 atom stereocenters. The van der Waals surface area contributed by atoms with Crippen LogP contribution in [-0.4, -0.2) is 25.7 Å². The van der Waals surface area contributed by atoms with E-state index < -0.39 is 11.5 Å². The molecule has 2 aromatic carbocycles. The largest absolute Gasteiger partial charge is 0.320 e. The number of aromatic nitrogens is 4. The van der Waals surface area contributed by atoms with E-state index in [9.17, 15) is 9.59 Å². The summed E-state index contributed by atoms with van der Waals surface area (Å²) in [6.07, 6.45) is 0. The first-order valence-corrected chi connectivity index (χ1v) is 6.96. The second-order valence-corrected chi connectivity index (χ2v) is 4.97. The van der Waals surface area contributed by atoms with Crippen LogP contribution in [0, 0.1) is 0 Å². The van der Waals surface area contributed by atoms with Crippen LogP contribution in [0.2, 0.25) is 0 Å². The van der Waals surface area contributed by atoms with Gasteiger partial charge in [-0.15, -0.1) is 5.10 Å². The quantitative estimate of drug-likeness (QED) is 0.591. The molecular weight excluding hydrogens is 294 g/mol. The van der Waals surface area contributed by atoms with Crippen molar-refractivity contribution in [1.29, 1.82) is 0 Å². The maximum Gasteiger partial charge on any atom is 0.281 e. The van der Waals surface area contributed by atoms with Crippen molar-refractivity contribution in [3.8, 4) is 0 Å². The number of rotatable bonds is 2. The molecule has 0 spiro atoms. The minimum absolute atomic E-state index is 0.0664. The van der Waals surface area contributed by atoms with Gasteiger partial charge in [0.25, 0.3) is 11.5 Å². The number of amides is 1. The van der Waals surface area contributed by atoms with Crippen LogP contribution in [0.5, 0.6) is 0 Å². The number of H-pyrrole nitrogens is 1. The topological polar surface area (TPSA) is 92.2 Å². The van der Waals surface area contributed by atoms with Crippen LogP contribution in [-0.2, 0) is 0 Å². The predicted molar refractivity (Wildman–Crippen MR) is 85.5 cm³/mol. The molecule has 4 aromatic rings. The Morgan fingerprint density at radius 3 is 2.61 bits per heavy atom. The van der Waals surface area contributed by atoms with Crippen LogP contribution in [0.25, 0.3) is 16.6 Å². The summed E-state index contributed by atoms with van der Waals surface area (Å²) >= 11 is 0. The summed E-state index contributed by atoms with van der Waals surface area (Å²) in [6, 6.07) is 16.0. The maximum absolute atomic E-state index is 12.4. The van der Waals surface area contributed by atoms with Gasteiger partial charge in [0.1, 0.15) is 0 Å². The highest BCUT2D eigenvalue weighted by Crippen LogP contribution is 2.14. The van der Waals surface area contributed by atoms with Crippen molar-refractivity contribution >= 4 is 28.1 Å². The number of benzene rings is 2. The zero-order valence-corrected chi connectivity index (χ0v) is 11.9. The fraction of sp³-hybridized carbons (Fsp3) is 0. The van der Waals surface area contributed by atoms with E-state index in [4.69, 9.17) is 0 Å². The SMILES string of the molecule is O=C(Nc1ccccc1)c1n[nH]n2c1nc(=O)c1ccccc12. The molecule has 1 amide bonds. The molecule has 7 heteroatoms. The zero-order chi connectivity index (χ0) is 15.8. The van der Waals surface area contributed by atoms with Gasteiger partial charge in [0.05, 0.1) is 10.9 Å². The number of para-hydroxylation sites is 2. The van der Waals surface area contributed by atoms with E-state index in [2.05, 4.69) is 20.6 Å². The van der Waals surface area contributed by atoms with Gasteiger partial charge in [0, 0.05) is 5.69 Å². The second kappa shape index (κ2) is 5.06. The van der Waals surface area contributed by atoms with E-state index in [1.807, 2.05) is 18.2 Å². The molecule has 0 aliphatic rings. The van der Waals surface area contributed by atoms with E-state index in [1.165, 1.54) is 4.52 Å². The Bertz CT molecular complexity index is 1080. The Hall–Kier alpha value is -3.48. The first-order chi connectivity index (χ1) is 11.2. The van der Waals surface area contributed by atoms with Crippen LogP contribution in [0.3, 0.4) is 0 Å². The van der Waals surface area contributed by atoms with Crippen molar-refractivity contribution in [2.45, 2.75) is 0 Å². The molecule has 2 N–H and O–H groups in total. The Labute approximate surface area is 129 Å². The summed E-state index contributed by atoms with van der Waals surface area (Å²) in [4.78, 5) is 28.5. The monoisotopic (exact) mass is 305 g/mol. The second-order valence-electron chi connectivity index (χ2n) is 4.97. The van der Waals surface area contributed by atoms with Gasteiger partial charge in [-0.2, -0.15) is 4.98 Å². The van der Waals surface area contributed by atoms with E-state index in [1.54, 1.807) is 36.4 Å². The number of anilines is 1. The van der Waals surface area contributed by atoms with Gasteiger partial charge in [-0.3, -0.25) is 9.59 Å². The molecule has 0 bridgehead atoms. The number of hydrogen-bond acceptors (Lipinski definition) is 4. The lowest BCUT2D eigenvalue weighted by molar-refractivity contribution is 0.102. The van der Waals surface area contributed by atoms with Crippen molar-refractivity contribution in [1.82, 2.24) is 19.8 Å². The van der Waals surface area contributed by atoms with Crippen LogP contribution in [0.4, 0.5) is 5.69 Å². The highest BCUT2D eigenvalue weighted by molar-refractivity contribution is 6.07. The molecule has 0 radical (unpaired) electrons. The lowest BCUT2D eigenvalue weighted by Crippen LogP contribution is -2.15. The van der Waals surface area contributed by atoms with E-state index >= 15 is 0 Å².